The third kappa shape index (κ3) is 1.64. The molecule has 1 fully saturated rings. The summed E-state index contributed by atoms with van der Waals surface area (Å²) >= 11 is 0. The lowest BCUT2D eigenvalue weighted by Gasteiger charge is -2.25. The van der Waals surface area contributed by atoms with E-state index in [9.17, 15) is 0 Å². The van der Waals surface area contributed by atoms with Gasteiger partial charge in [-0.2, -0.15) is 0 Å². The summed E-state index contributed by atoms with van der Waals surface area (Å²) in [6, 6.07) is 0. The molecule has 0 aliphatic carbocycles. The van der Waals surface area contributed by atoms with Crippen molar-refractivity contribution in [2.24, 2.45) is 5.92 Å². The molecule has 0 bridgehead atoms. The summed E-state index contributed by atoms with van der Waals surface area (Å²) in [5.41, 5.74) is 0. The molecule has 1 saturated heterocycles. The van der Waals surface area contributed by atoms with Gasteiger partial charge in [0.05, 0.1) is 19.3 Å². The zero-order valence-corrected chi connectivity index (χ0v) is 5.29. The van der Waals surface area contributed by atoms with Crippen molar-refractivity contribution in [3.8, 4) is 0 Å². The van der Waals surface area contributed by atoms with Crippen molar-refractivity contribution in [3.63, 3.8) is 0 Å². The van der Waals surface area contributed by atoms with Gasteiger partial charge in [-0.3, -0.25) is 0 Å². The third-order valence-electron chi connectivity index (χ3n) is 1.67. The van der Waals surface area contributed by atoms with Crippen LogP contribution >= 0.6 is 0 Å². The highest BCUT2D eigenvalue weighted by Gasteiger charge is 2.22. The van der Waals surface area contributed by atoms with Crippen molar-refractivity contribution in [1.29, 1.82) is 0 Å². The first-order valence-electron chi connectivity index (χ1n) is 3.21. The summed E-state index contributed by atoms with van der Waals surface area (Å²) in [6.45, 7) is 1.15. The maximum atomic E-state index is 9.13. The van der Waals surface area contributed by atoms with Crippen molar-refractivity contribution < 1.29 is 14.9 Å². The Bertz CT molecular complexity index is 84.4. The third-order valence-corrected chi connectivity index (χ3v) is 1.67. The van der Waals surface area contributed by atoms with Crippen molar-refractivity contribution in [2.75, 3.05) is 19.8 Å². The maximum Gasteiger partial charge on any atom is 0.0634 e. The Hall–Kier alpha value is -0.120. The lowest BCUT2D eigenvalue weighted by molar-refractivity contribution is -0.0535. The van der Waals surface area contributed by atoms with Gasteiger partial charge in [0, 0.05) is 12.5 Å². The number of aliphatic hydroxyl groups is 2. The highest BCUT2D eigenvalue weighted by molar-refractivity contribution is 4.70. The molecule has 0 radical (unpaired) electrons. The van der Waals surface area contributed by atoms with Gasteiger partial charge in [-0.25, -0.2) is 0 Å². The second-order valence-corrected chi connectivity index (χ2v) is 2.37. The van der Waals surface area contributed by atoms with Crippen molar-refractivity contribution in [2.45, 2.75) is 12.5 Å². The van der Waals surface area contributed by atoms with Gasteiger partial charge in [-0.1, -0.05) is 0 Å². The van der Waals surface area contributed by atoms with Crippen LogP contribution in [0.2, 0.25) is 0 Å². The van der Waals surface area contributed by atoms with E-state index in [-0.39, 0.29) is 18.6 Å². The maximum absolute atomic E-state index is 9.13. The molecule has 1 aliphatic heterocycles. The summed E-state index contributed by atoms with van der Waals surface area (Å²) < 4.78 is 5.02. The van der Waals surface area contributed by atoms with Gasteiger partial charge in [0.15, 0.2) is 0 Å². The van der Waals surface area contributed by atoms with E-state index in [0.717, 1.165) is 0 Å². The Kier molecular flexibility index (Phi) is 2.45. The molecule has 0 aromatic heterocycles. The van der Waals surface area contributed by atoms with Crippen LogP contribution in [0.3, 0.4) is 0 Å². The molecule has 2 N–H and O–H groups in total. The van der Waals surface area contributed by atoms with Crippen LogP contribution in [0.15, 0.2) is 0 Å². The van der Waals surface area contributed by atoms with Crippen molar-refractivity contribution >= 4 is 0 Å². The van der Waals surface area contributed by atoms with Gasteiger partial charge in [-0.05, 0) is 6.42 Å². The molecule has 0 aromatic carbocycles. The molecule has 54 valence electrons. The molecule has 0 saturated carbocycles. The van der Waals surface area contributed by atoms with Crippen LogP contribution in [-0.2, 0) is 4.74 Å². The van der Waals surface area contributed by atoms with Crippen LogP contribution in [0.4, 0.5) is 0 Å². The van der Waals surface area contributed by atoms with E-state index < -0.39 is 0 Å². The van der Waals surface area contributed by atoms with E-state index in [4.69, 9.17) is 14.9 Å². The molecule has 0 spiro atoms. The number of aliphatic hydroxyl groups excluding tert-OH is 2. The Labute approximate surface area is 54.3 Å². The van der Waals surface area contributed by atoms with Gasteiger partial charge >= 0.3 is 0 Å². The molecule has 3 nitrogen and oxygen atoms in total. The smallest absolute Gasteiger partial charge is 0.0634 e. The first-order valence-corrected chi connectivity index (χ1v) is 3.21. The summed E-state index contributed by atoms with van der Waals surface area (Å²) in [5.74, 6) is -0.0567. The van der Waals surface area contributed by atoms with E-state index in [0.29, 0.717) is 19.6 Å². The molecule has 2 atom stereocenters. The van der Waals surface area contributed by atoms with E-state index in [2.05, 4.69) is 0 Å². The molecule has 9 heavy (non-hydrogen) atoms. The van der Waals surface area contributed by atoms with Crippen LogP contribution < -0.4 is 0 Å². The van der Waals surface area contributed by atoms with Gasteiger partial charge in [0.2, 0.25) is 0 Å². The summed E-state index contributed by atoms with van der Waals surface area (Å²) in [7, 11) is 0. The molecule has 3 heteroatoms. The SMILES string of the molecule is OCC1COCCC1O. The number of hydrogen-bond acceptors (Lipinski definition) is 3. The van der Waals surface area contributed by atoms with E-state index >= 15 is 0 Å². The molecular weight excluding hydrogens is 120 g/mol. The minimum Gasteiger partial charge on any atom is -0.396 e. The fraction of sp³-hybridized carbons (Fsp3) is 1.00. The van der Waals surface area contributed by atoms with Crippen LogP contribution in [0.25, 0.3) is 0 Å². The van der Waals surface area contributed by atoms with Gasteiger partial charge < -0.3 is 14.9 Å². The summed E-state index contributed by atoms with van der Waals surface area (Å²) in [6.07, 6.45) is 0.300. The molecule has 1 rings (SSSR count). The predicted molar refractivity (Wildman–Crippen MR) is 32.0 cm³/mol. The summed E-state index contributed by atoms with van der Waals surface area (Å²) in [5, 5.41) is 17.8. The first-order chi connectivity index (χ1) is 4.34. The van der Waals surface area contributed by atoms with Crippen LogP contribution in [0.1, 0.15) is 6.42 Å². The Morgan fingerprint density at radius 3 is 2.78 bits per heavy atom. The average Bonchev–Trinajstić information content (AvgIpc) is 1.89. The van der Waals surface area contributed by atoms with Crippen molar-refractivity contribution in [1.82, 2.24) is 0 Å². The zero-order valence-electron chi connectivity index (χ0n) is 5.29. The fourth-order valence-electron chi connectivity index (χ4n) is 0.960. The summed E-state index contributed by atoms with van der Waals surface area (Å²) in [4.78, 5) is 0. The van der Waals surface area contributed by atoms with Crippen LogP contribution in [0, 0.1) is 5.92 Å². The molecule has 0 amide bonds. The normalized spacial score (nSPS) is 36.7. The second kappa shape index (κ2) is 3.15. The predicted octanol–water partition coefficient (Wildman–Crippen LogP) is -0.624. The van der Waals surface area contributed by atoms with Crippen molar-refractivity contribution in [3.05, 3.63) is 0 Å². The highest BCUT2D eigenvalue weighted by Crippen LogP contribution is 2.12. The zero-order chi connectivity index (χ0) is 6.69. The lowest BCUT2D eigenvalue weighted by Crippen LogP contribution is -2.33. The fourth-order valence-corrected chi connectivity index (χ4v) is 0.960. The Morgan fingerprint density at radius 1 is 1.56 bits per heavy atom. The van der Waals surface area contributed by atoms with Gasteiger partial charge in [0.25, 0.3) is 0 Å². The Balaban J connectivity index is 2.30. The monoisotopic (exact) mass is 132 g/mol. The molecule has 2 unspecified atom stereocenters. The lowest BCUT2D eigenvalue weighted by atomic mass is 10.0. The first kappa shape index (κ1) is 6.99. The van der Waals surface area contributed by atoms with Gasteiger partial charge in [0.1, 0.15) is 0 Å². The molecule has 1 aliphatic rings. The number of hydrogen-bond donors (Lipinski definition) is 2. The minimum atomic E-state index is -0.358. The molecule has 0 aromatic rings. The van der Waals surface area contributed by atoms with Crippen LogP contribution in [0.5, 0.6) is 0 Å². The van der Waals surface area contributed by atoms with Crippen LogP contribution in [-0.4, -0.2) is 36.1 Å². The topological polar surface area (TPSA) is 49.7 Å². The average molecular weight is 132 g/mol. The van der Waals surface area contributed by atoms with Gasteiger partial charge in [-0.15, -0.1) is 0 Å². The second-order valence-electron chi connectivity index (χ2n) is 2.37. The number of ether oxygens (including phenoxy) is 1. The molecule has 1 heterocycles. The molecular formula is C6H12O3. The quantitative estimate of drug-likeness (QED) is 0.499. The van der Waals surface area contributed by atoms with E-state index in [1.165, 1.54) is 0 Å². The minimum absolute atomic E-state index is 0.0289. The van der Waals surface area contributed by atoms with E-state index in [1.807, 2.05) is 0 Å². The standard InChI is InChI=1S/C6H12O3/c7-3-5-4-9-2-1-6(5)8/h5-8H,1-4H2. The highest BCUT2D eigenvalue weighted by atomic mass is 16.5. The van der Waals surface area contributed by atoms with E-state index in [1.54, 1.807) is 0 Å². The largest absolute Gasteiger partial charge is 0.396 e. The Morgan fingerprint density at radius 2 is 2.33 bits per heavy atom. The number of rotatable bonds is 1.